The number of carbonyl (C=O) groups is 1. The van der Waals surface area contributed by atoms with Gasteiger partial charge in [0.2, 0.25) is 6.79 Å². The SMILES string of the molecule is O=C(O)c1nc2ccc(F)cn2c1N=Nc1ccc2c(c1)OCO2. The maximum Gasteiger partial charge on any atom is 0.358 e. The Balaban J connectivity index is 1.79. The lowest BCUT2D eigenvalue weighted by atomic mass is 10.3. The number of rotatable bonds is 3. The Bertz CT molecular complexity index is 999. The van der Waals surface area contributed by atoms with Crippen LogP contribution in [0, 0.1) is 5.82 Å². The first kappa shape index (κ1) is 14.1. The van der Waals surface area contributed by atoms with Gasteiger partial charge in [0.15, 0.2) is 23.0 Å². The Hall–Kier alpha value is -3.49. The van der Waals surface area contributed by atoms with Crippen molar-refractivity contribution in [2.75, 3.05) is 6.79 Å². The topological polar surface area (TPSA) is 97.8 Å². The van der Waals surface area contributed by atoms with E-state index in [2.05, 4.69) is 15.2 Å². The normalized spacial score (nSPS) is 13.0. The number of hydrogen-bond donors (Lipinski definition) is 1. The van der Waals surface area contributed by atoms with Crippen LogP contribution in [-0.2, 0) is 0 Å². The zero-order chi connectivity index (χ0) is 16.7. The Kier molecular flexibility index (Phi) is 3.12. The summed E-state index contributed by atoms with van der Waals surface area (Å²) >= 11 is 0. The van der Waals surface area contributed by atoms with Crippen molar-refractivity contribution in [2.24, 2.45) is 10.2 Å². The van der Waals surface area contributed by atoms with Crippen molar-refractivity contribution in [1.82, 2.24) is 9.38 Å². The summed E-state index contributed by atoms with van der Waals surface area (Å²) in [6.45, 7) is 0.131. The van der Waals surface area contributed by atoms with E-state index in [1.807, 2.05) is 0 Å². The number of fused-ring (bicyclic) bond motifs is 2. The molecule has 8 nitrogen and oxygen atoms in total. The molecule has 120 valence electrons. The number of imidazole rings is 1. The second-order valence-corrected chi connectivity index (χ2v) is 4.90. The van der Waals surface area contributed by atoms with Gasteiger partial charge in [-0.05, 0) is 24.3 Å². The Labute approximate surface area is 133 Å². The average Bonchev–Trinajstić information content (AvgIpc) is 3.16. The fourth-order valence-corrected chi connectivity index (χ4v) is 2.30. The molecule has 1 aromatic carbocycles. The molecule has 3 heterocycles. The minimum Gasteiger partial charge on any atom is -0.476 e. The maximum absolute atomic E-state index is 13.4. The lowest BCUT2D eigenvalue weighted by molar-refractivity contribution is 0.0692. The summed E-state index contributed by atoms with van der Waals surface area (Å²) < 4.78 is 25.1. The molecule has 1 aliphatic heterocycles. The number of aromatic nitrogens is 2. The van der Waals surface area contributed by atoms with Gasteiger partial charge in [0, 0.05) is 12.3 Å². The molecule has 0 saturated carbocycles. The van der Waals surface area contributed by atoms with Crippen LogP contribution in [0.5, 0.6) is 11.5 Å². The minimum atomic E-state index is -1.28. The van der Waals surface area contributed by atoms with E-state index in [1.54, 1.807) is 18.2 Å². The van der Waals surface area contributed by atoms with Crippen molar-refractivity contribution in [3.63, 3.8) is 0 Å². The van der Waals surface area contributed by atoms with Crippen LogP contribution in [0.15, 0.2) is 46.8 Å². The Morgan fingerprint density at radius 2 is 2.04 bits per heavy atom. The van der Waals surface area contributed by atoms with Crippen LogP contribution >= 0.6 is 0 Å². The van der Waals surface area contributed by atoms with Crippen molar-refractivity contribution in [2.45, 2.75) is 0 Å². The average molecular weight is 328 g/mol. The van der Waals surface area contributed by atoms with Crippen molar-refractivity contribution in [1.29, 1.82) is 0 Å². The van der Waals surface area contributed by atoms with Crippen LogP contribution in [0.2, 0.25) is 0 Å². The summed E-state index contributed by atoms with van der Waals surface area (Å²) in [4.78, 5) is 15.3. The van der Waals surface area contributed by atoms with Gasteiger partial charge in [0.1, 0.15) is 11.5 Å². The van der Waals surface area contributed by atoms with Crippen LogP contribution in [0.4, 0.5) is 15.9 Å². The third kappa shape index (κ3) is 2.32. The third-order valence-electron chi connectivity index (χ3n) is 3.38. The molecule has 0 aliphatic carbocycles. The van der Waals surface area contributed by atoms with Gasteiger partial charge in [-0.3, -0.25) is 4.40 Å². The molecular weight excluding hydrogens is 319 g/mol. The number of ether oxygens (including phenoxy) is 2. The van der Waals surface area contributed by atoms with Gasteiger partial charge >= 0.3 is 5.97 Å². The van der Waals surface area contributed by atoms with E-state index in [-0.39, 0.29) is 24.0 Å². The molecule has 0 unspecified atom stereocenters. The first-order valence-electron chi connectivity index (χ1n) is 6.84. The number of benzene rings is 1. The lowest BCUT2D eigenvalue weighted by Crippen LogP contribution is -1.96. The summed E-state index contributed by atoms with van der Waals surface area (Å²) in [5, 5.41) is 17.2. The first-order chi connectivity index (χ1) is 11.6. The van der Waals surface area contributed by atoms with Crippen molar-refractivity contribution in [3.8, 4) is 11.5 Å². The number of carboxylic acid groups (broad SMARTS) is 1. The molecular formula is C15H9FN4O4. The molecule has 0 saturated heterocycles. The number of pyridine rings is 1. The standard InChI is InChI=1S/C15H9FN4O4/c16-8-1-4-12-17-13(15(21)22)14(20(12)6-8)19-18-9-2-3-10-11(5-9)24-7-23-10/h1-6H,7H2,(H,21,22). The molecule has 0 radical (unpaired) electrons. The number of halogens is 1. The summed E-state index contributed by atoms with van der Waals surface area (Å²) in [6.07, 6.45) is 1.10. The summed E-state index contributed by atoms with van der Waals surface area (Å²) in [6, 6.07) is 7.47. The minimum absolute atomic E-state index is 0.0744. The zero-order valence-electron chi connectivity index (χ0n) is 12.0. The van der Waals surface area contributed by atoms with Crippen molar-refractivity contribution >= 4 is 23.1 Å². The van der Waals surface area contributed by atoms with E-state index in [9.17, 15) is 14.3 Å². The lowest BCUT2D eigenvalue weighted by Gasteiger charge is -1.98. The van der Waals surface area contributed by atoms with Gasteiger partial charge in [-0.25, -0.2) is 14.2 Å². The van der Waals surface area contributed by atoms with Crippen molar-refractivity contribution < 1.29 is 23.8 Å². The van der Waals surface area contributed by atoms with E-state index >= 15 is 0 Å². The molecule has 0 atom stereocenters. The van der Waals surface area contributed by atoms with Crippen molar-refractivity contribution in [3.05, 3.63) is 48.0 Å². The third-order valence-corrected chi connectivity index (χ3v) is 3.38. The van der Waals surface area contributed by atoms with Gasteiger partial charge < -0.3 is 14.6 Å². The Morgan fingerprint density at radius 3 is 2.88 bits per heavy atom. The first-order valence-corrected chi connectivity index (χ1v) is 6.84. The monoisotopic (exact) mass is 328 g/mol. The summed E-state index contributed by atoms with van der Waals surface area (Å²) in [5.74, 6) is -0.782. The molecule has 0 amide bonds. The summed E-state index contributed by atoms with van der Waals surface area (Å²) in [5.41, 5.74) is 0.375. The molecule has 4 rings (SSSR count). The molecule has 1 N–H and O–H groups in total. The van der Waals surface area contributed by atoms with Gasteiger partial charge in [-0.1, -0.05) is 0 Å². The van der Waals surface area contributed by atoms with Crippen LogP contribution in [-0.4, -0.2) is 27.3 Å². The number of azo groups is 1. The predicted octanol–water partition coefficient (Wildman–Crippen LogP) is 3.32. The second kappa shape index (κ2) is 5.30. The number of aromatic carboxylic acids is 1. The van der Waals surface area contributed by atoms with Crippen LogP contribution in [0.3, 0.4) is 0 Å². The molecule has 0 spiro atoms. The highest BCUT2D eigenvalue weighted by molar-refractivity contribution is 5.91. The van der Waals surface area contributed by atoms with Crippen LogP contribution in [0.25, 0.3) is 5.65 Å². The number of nitrogens with zero attached hydrogens (tertiary/aromatic N) is 4. The highest BCUT2D eigenvalue weighted by Gasteiger charge is 2.19. The highest BCUT2D eigenvalue weighted by atomic mass is 19.1. The van der Waals surface area contributed by atoms with E-state index in [0.29, 0.717) is 17.2 Å². The Morgan fingerprint density at radius 1 is 1.21 bits per heavy atom. The van der Waals surface area contributed by atoms with E-state index < -0.39 is 11.8 Å². The van der Waals surface area contributed by atoms with Gasteiger partial charge in [-0.2, -0.15) is 0 Å². The molecule has 3 aromatic rings. The molecule has 2 aromatic heterocycles. The van der Waals surface area contributed by atoms with E-state index in [0.717, 1.165) is 6.20 Å². The molecule has 0 fully saturated rings. The molecule has 24 heavy (non-hydrogen) atoms. The van der Waals surface area contributed by atoms with Crippen LogP contribution < -0.4 is 9.47 Å². The molecule has 0 bridgehead atoms. The van der Waals surface area contributed by atoms with Gasteiger partial charge in [-0.15, -0.1) is 10.2 Å². The van der Waals surface area contributed by atoms with Gasteiger partial charge in [0.05, 0.1) is 5.69 Å². The summed E-state index contributed by atoms with van der Waals surface area (Å²) in [7, 11) is 0. The largest absolute Gasteiger partial charge is 0.476 e. The van der Waals surface area contributed by atoms with Crippen LogP contribution in [0.1, 0.15) is 10.5 Å². The fourth-order valence-electron chi connectivity index (χ4n) is 2.30. The molecule has 9 heteroatoms. The molecule has 1 aliphatic rings. The zero-order valence-corrected chi connectivity index (χ0v) is 12.0. The number of hydrogen-bond acceptors (Lipinski definition) is 6. The predicted molar refractivity (Wildman–Crippen MR) is 78.9 cm³/mol. The maximum atomic E-state index is 13.4. The smallest absolute Gasteiger partial charge is 0.358 e. The van der Waals surface area contributed by atoms with Gasteiger partial charge in [0.25, 0.3) is 0 Å². The fraction of sp³-hybridized carbons (Fsp3) is 0.0667. The quantitative estimate of drug-likeness (QED) is 0.744. The highest BCUT2D eigenvalue weighted by Crippen LogP contribution is 2.36. The van der Waals surface area contributed by atoms with E-state index in [4.69, 9.17) is 9.47 Å². The number of carboxylic acids is 1. The second-order valence-electron chi connectivity index (χ2n) is 4.90. The van der Waals surface area contributed by atoms with E-state index in [1.165, 1.54) is 16.5 Å².